The molecule has 1 aliphatic heterocycles. The average Bonchev–Trinajstić information content (AvgIpc) is 3.00. The Balaban J connectivity index is 1.81. The molecule has 3 amide bonds. The molecule has 0 saturated carbocycles. The van der Waals surface area contributed by atoms with Gasteiger partial charge in [0.1, 0.15) is 12.3 Å². The Morgan fingerprint density at radius 3 is 2.63 bits per heavy atom. The summed E-state index contributed by atoms with van der Waals surface area (Å²) in [5, 5.41) is 3.23. The highest BCUT2D eigenvalue weighted by Crippen LogP contribution is 2.28. The quantitative estimate of drug-likeness (QED) is 0.558. The minimum absolute atomic E-state index is 0.0212. The van der Waals surface area contributed by atoms with Crippen molar-refractivity contribution >= 4 is 35.3 Å². The van der Waals surface area contributed by atoms with Crippen molar-refractivity contribution < 1.29 is 28.7 Å². The summed E-state index contributed by atoms with van der Waals surface area (Å²) in [7, 11) is 2.83. The number of carbonyl (C=O) groups is 4. The van der Waals surface area contributed by atoms with Crippen LogP contribution in [0, 0.1) is 5.92 Å². The molecule has 1 saturated heterocycles. The number of carbonyl (C=O) groups excluding carboxylic acids is 4. The van der Waals surface area contributed by atoms with Crippen LogP contribution in [0.3, 0.4) is 0 Å². The topological polar surface area (TPSA) is 102 Å². The Morgan fingerprint density at radius 1 is 1.17 bits per heavy atom. The molecule has 2 aromatic carbocycles. The molecule has 0 bridgehead atoms. The second-order valence-corrected chi connectivity index (χ2v) is 8.84. The number of hydrogen-bond donors (Lipinski definition) is 1. The lowest BCUT2D eigenvalue weighted by Gasteiger charge is -2.24. The molecule has 1 fully saturated rings. The zero-order valence-corrected chi connectivity index (χ0v) is 20.8. The molecule has 0 spiro atoms. The Kier molecular flexibility index (Phi) is 8.87. The van der Waals surface area contributed by atoms with E-state index in [1.807, 2.05) is 13.0 Å². The number of methoxy groups -OCH3 is 2. The predicted octanol–water partition coefficient (Wildman–Crippen LogP) is 3.36. The molecule has 3 rings (SSSR count). The summed E-state index contributed by atoms with van der Waals surface area (Å²) in [6, 6.07) is 12.0. The zero-order chi connectivity index (χ0) is 25.5. The molecule has 2 atom stereocenters. The molecule has 0 aliphatic carbocycles. The van der Waals surface area contributed by atoms with Gasteiger partial charge in [-0.05, 0) is 60.2 Å². The Morgan fingerprint density at radius 2 is 1.94 bits per heavy atom. The number of hydrogen-bond acceptors (Lipinski definition) is 6. The third-order valence-electron chi connectivity index (χ3n) is 6.17. The number of esters is 1. The summed E-state index contributed by atoms with van der Waals surface area (Å²) in [4.78, 5) is 52.0. The minimum atomic E-state index is -0.652. The van der Waals surface area contributed by atoms with Crippen molar-refractivity contribution in [3.8, 4) is 5.75 Å². The maximum atomic E-state index is 13.4. The van der Waals surface area contributed by atoms with Gasteiger partial charge in [0.15, 0.2) is 0 Å². The Hall–Kier alpha value is -3.39. The maximum Gasteiger partial charge on any atom is 0.337 e. The molecule has 0 radical (unpaired) electrons. The van der Waals surface area contributed by atoms with E-state index in [0.29, 0.717) is 28.3 Å². The Labute approximate surface area is 209 Å². The number of rotatable bonds is 8. The molecule has 1 heterocycles. The van der Waals surface area contributed by atoms with Crippen molar-refractivity contribution in [3.05, 3.63) is 64.2 Å². The fraction of sp³-hybridized carbons (Fsp3) is 0.385. The summed E-state index contributed by atoms with van der Waals surface area (Å²) in [5.74, 6) is -2.04. The molecule has 8 nitrogen and oxygen atoms in total. The van der Waals surface area contributed by atoms with Gasteiger partial charge in [0.05, 0.1) is 25.7 Å². The van der Waals surface area contributed by atoms with Crippen LogP contribution in [0.1, 0.15) is 47.2 Å². The van der Waals surface area contributed by atoms with Gasteiger partial charge in [-0.1, -0.05) is 30.7 Å². The number of benzene rings is 2. The van der Waals surface area contributed by atoms with Gasteiger partial charge in [-0.25, -0.2) is 4.79 Å². The van der Waals surface area contributed by atoms with Crippen LogP contribution >= 0.6 is 11.6 Å². The van der Waals surface area contributed by atoms with E-state index < -0.39 is 29.6 Å². The highest BCUT2D eigenvalue weighted by molar-refractivity contribution is 6.30. The van der Waals surface area contributed by atoms with E-state index in [4.69, 9.17) is 21.1 Å². The first-order valence-corrected chi connectivity index (χ1v) is 11.8. The molecule has 0 unspecified atom stereocenters. The fourth-order valence-corrected chi connectivity index (χ4v) is 4.42. The Bertz CT molecular complexity index is 1120. The first-order chi connectivity index (χ1) is 16.8. The highest BCUT2D eigenvalue weighted by Gasteiger charge is 2.35. The number of imide groups is 1. The predicted molar refractivity (Wildman–Crippen MR) is 130 cm³/mol. The van der Waals surface area contributed by atoms with Gasteiger partial charge in [0, 0.05) is 18.0 Å². The van der Waals surface area contributed by atoms with E-state index in [2.05, 4.69) is 5.32 Å². The third kappa shape index (κ3) is 6.39. The van der Waals surface area contributed by atoms with Gasteiger partial charge < -0.3 is 14.8 Å². The highest BCUT2D eigenvalue weighted by atomic mass is 35.5. The van der Waals surface area contributed by atoms with Gasteiger partial charge in [-0.2, -0.15) is 0 Å². The molecular weight excluding hydrogens is 472 g/mol. The second-order valence-electron chi connectivity index (χ2n) is 8.41. The van der Waals surface area contributed by atoms with Crippen LogP contribution in [0.2, 0.25) is 5.02 Å². The van der Waals surface area contributed by atoms with E-state index in [1.165, 1.54) is 14.2 Å². The molecular formula is C26H29ClN2O6. The van der Waals surface area contributed by atoms with Gasteiger partial charge in [-0.3, -0.25) is 19.3 Å². The lowest BCUT2D eigenvalue weighted by Crippen LogP contribution is -2.43. The number of amides is 3. The van der Waals surface area contributed by atoms with Crippen LogP contribution < -0.4 is 10.1 Å². The van der Waals surface area contributed by atoms with Crippen molar-refractivity contribution in [1.29, 1.82) is 0 Å². The molecule has 2 aromatic rings. The lowest BCUT2D eigenvalue weighted by atomic mass is 9.91. The third-order valence-corrected chi connectivity index (χ3v) is 6.40. The van der Waals surface area contributed by atoms with Crippen LogP contribution in [-0.2, 0) is 25.5 Å². The fourth-order valence-electron chi connectivity index (χ4n) is 4.22. The number of halogens is 1. The van der Waals surface area contributed by atoms with Crippen molar-refractivity contribution in [2.24, 2.45) is 5.92 Å². The van der Waals surface area contributed by atoms with Gasteiger partial charge in [0.2, 0.25) is 17.7 Å². The second kappa shape index (κ2) is 11.8. The van der Waals surface area contributed by atoms with E-state index in [0.717, 1.165) is 10.5 Å². The molecule has 1 N–H and O–H groups in total. The number of nitrogens with one attached hydrogen (secondary N) is 1. The van der Waals surface area contributed by atoms with Gasteiger partial charge in [-0.15, -0.1) is 0 Å². The van der Waals surface area contributed by atoms with Crippen molar-refractivity contribution in [2.75, 3.05) is 27.3 Å². The molecule has 35 heavy (non-hydrogen) atoms. The standard InChI is InChI=1S/C26H29ClN2O6/c1-4-16(17-6-5-7-18(10-17)26(33)35-3)13-24(31)29-15-23(30)28-14-20(25(29)32)11-19-12-21(27)8-9-22(19)34-2/h5-10,12,16,20H,4,11,13-15H2,1-3H3,(H,28,30)/t16-,20-/m0/s1. The van der Waals surface area contributed by atoms with E-state index in [9.17, 15) is 19.2 Å². The number of ether oxygens (including phenoxy) is 2. The first kappa shape index (κ1) is 26.2. The van der Waals surface area contributed by atoms with Crippen LogP contribution in [0.25, 0.3) is 0 Å². The van der Waals surface area contributed by atoms with E-state index >= 15 is 0 Å². The van der Waals surface area contributed by atoms with Crippen molar-refractivity contribution in [1.82, 2.24) is 10.2 Å². The summed E-state index contributed by atoms with van der Waals surface area (Å²) < 4.78 is 10.2. The minimum Gasteiger partial charge on any atom is -0.496 e. The van der Waals surface area contributed by atoms with Crippen molar-refractivity contribution in [2.45, 2.75) is 32.1 Å². The van der Waals surface area contributed by atoms with E-state index in [1.54, 1.807) is 36.4 Å². The van der Waals surface area contributed by atoms with Crippen LogP contribution in [0.5, 0.6) is 5.75 Å². The smallest absolute Gasteiger partial charge is 0.337 e. The molecule has 186 valence electrons. The molecule has 1 aliphatic rings. The van der Waals surface area contributed by atoms with Crippen LogP contribution in [0.15, 0.2) is 42.5 Å². The lowest BCUT2D eigenvalue weighted by molar-refractivity contribution is -0.148. The molecule has 0 aromatic heterocycles. The van der Waals surface area contributed by atoms with E-state index in [-0.39, 0.29) is 31.8 Å². The summed E-state index contributed by atoms with van der Waals surface area (Å²) in [6.07, 6.45) is 0.881. The van der Waals surface area contributed by atoms with Gasteiger partial charge >= 0.3 is 5.97 Å². The average molecular weight is 501 g/mol. The van der Waals surface area contributed by atoms with Crippen LogP contribution in [-0.4, -0.2) is 55.9 Å². The molecule has 9 heteroatoms. The van der Waals surface area contributed by atoms with Crippen LogP contribution in [0.4, 0.5) is 0 Å². The summed E-state index contributed by atoms with van der Waals surface area (Å²) in [5.41, 5.74) is 1.89. The zero-order valence-electron chi connectivity index (χ0n) is 20.0. The first-order valence-electron chi connectivity index (χ1n) is 11.4. The number of nitrogens with zero attached hydrogens (tertiary/aromatic N) is 1. The summed E-state index contributed by atoms with van der Waals surface area (Å²) >= 11 is 6.13. The SMILES string of the molecule is CC[C@@H](CC(=O)N1CC(=O)NC[C@H](Cc2cc(Cl)ccc2OC)C1=O)c1cccc(C(=O)OC)c1. The monoisotopic (exact) mass is 500 g/mol. The van der Waals surface area contributed by atoms with Crippen molar-refractivity contribution in [3.63, 3.8) is 0 Å². The summed E-state index contributed by atoms with van der Waals surface area (Å²) in [6.45, 7) is 1.70. The maximum absolute atomic E-state index is 13.4. The largest absolute Gasteiger partial charge is 0.496 e. The van der Waals surface area contributed by atoms with Gasteiger partial charge in [0.25, 0.3) is 0 Å². The normalized spacial score (nSPS) is 16.8.